The summed E-state index contributed by atoms with van der Waals surface area (Å²) >= 11 is 1.33. The van der Waals surface area contributed by atoms with Crippen LogP contribution in [0.15, 0.2) is 29.1 Å². The third kappa shape index (κ3) is 4.14. The van der Waals surface area contributed by atoms with Crippen molar-refractivity contribution in [1.29, 1.82) is 0 Å². The number of nitrogens with one attached hydrogen (secondary N) is 1. The van der Waals surface area contributed by atoms with Crippen molar-refractivity contribution in [3.05, 3.63) is 56.4 Å². The van der Waals surface area contributed by atoms with Crippen LogP contribution in [0.3, 0.4) is 0 Å². The minimum absolute atomic E-state index is 0.00571. The summed E-state index contributed by atoms with van der Waals surface area (Å²) in [6.45, 7) is 4.42. The van der Waals surface area contributed by atoms with Crippen LogP contribution in [-0.4, -0.2) is 42.3 Å². The number of carbonyl (C=O) groups is 1. The predicted molar refractivity (Wildman–Crippen MR) is 133 cm³/mol. The smallest absolute Gasteiger partial charge is 0.262 e. The number of carbonyl (C=O) groups excluding carboxylic acids is 1. The van der Waals surface area contributed by atoms with Crippen LogP contribution in [0.4, 0.5) is 0 Å². The van der Waals surface area contributed by atoms with Crippen LogP contribution in [0.5, 0.6) is 5.75 Å². The van der Waals surface area contributed by atoms with Crippen molar-refractivity contribution in [2.75, 3.05) is 26.9 Å². The number of hydrogen-bond acceptors (Lipinski definition) is 6. The lowest BCUT2D eigenvalue weighted by Crippen LogP contribution is -2.44. The SMILES string of the molecule is COc1ccc(C2(CNC(=O)c3sc4nc5n(c(=O)c4c3C)CCCCC5)CCOCC2)cc1. The molecule has 1 fully saturated rings. The van der Waals surface area contributed by atoms with E-state index < -0.39 is 0 Å². The minimum Gasteiger partial charge on any atom is -0.497 e. The maximum Gasteiger partial charge on any atom is 0.262 e. The molecule has 3 aromatic rings. The quantitative estimate of drug-likeness (QED) is 0.596. The van der Waals surface area contributed by atoms with Gasteiger partial charge in [-0.2, -0.15) is 0 Å². The van der Waals surface area contributed by atoms with Gasteiger partial charge in [0.25, 0.3) is 11.5 Å². The van der Waals surface area contributed by atoms with Crippen LogP contribution in [-0.2, 0) is 23.1 Å². The van der Waals surface area contributed by atoms with Crippen molar-refractivity contribution >= 4 is 27.5 Å². The van der Waals surface area contributed by atoms with E-state index in [-0.39, 0.29) is 16.9 Å². The van der Waals surface area contributed by atoms with Gasteiger partial charge in [0.15, 0.2) is 0 Å². The van der Waals surface area contributed by atoms with Crippen LogP contribution < -0.4 is 15.6 Å². The van der Waals surface area contributed by atoms with Gasteiger partial charge in [-0.15, -0.1) is 11.3 Å². The lowest BCUT2D eigenvalue weighted by atomic mass is 9.74. The highest BCUT2D eigenvalue weighted by molar-refractivity contribution is 7.20. The summed E-state index contributed by atoms with van der Waals surface area (Å²) in [6.07, 6.45) is 5.64. The highest BCUT2D eigenvalue weighted by Gasteiger charge is 2.35. The fourth-order valence-electron chi connectivity index (χ4n) is 5.23. The number of rotatable bonds is 5. The molecule has 34 heavy (non-hydrogen) atoms. The van der Waals surface area contributed by atoms with E-state index >= 15 is 0 Å². The third-order valence-electron chi connectivity index (χ3n) is 7.36. The van der Waals surface area contributed by atoms with Crippen molar-refractivity contribution in [3.63, 3.8) is 0 Å². The van der Waals surface area contributed by atoms with E-state index in [0.717, 1.165) is 55.7 Å². The van der Waals surface area contributed by atoms with Gasteiger partial charge in [0, 0.05) is 38.1 Å². The third-order valence-corrected chi connectivity index (χ3v) is 8.54. The molecule has 1 saturated heterocycles. The first kappa shape index (κ1) is 23.1. The van der Waals surface area contributed by atoms with Crippen molar-refractivity contribution in [1.82, 2.24) is 14.9 Å². The first-order valence-electron chi connectivity index (χ1n) is 12.1. The molecule has 0 radical (unpaired) electrons. The van der Waals surface area contributed by atoms with Crippen molar-refractivity contribution in [2.45, 2.75) is 57.4 Å². The predicted octanol–water partition coefficient (Wildman–Crippen LogP) is 3.98. The number of amides is 1. The molecule has 0 aliphatic carbocycles. The topological polar surface area (TPSA) is 82.5 Å². The zero-order chi connectivity index (χ0) is 23.7. The molecule has 180 valence electrons. The second kappa shape index (κ2) is 9.50. The average molecular weight is 482 g/mol. The van der Waals surface area contributed by atoms with E-state index in [9.17, 15) is 9.59 Å². The molecule has 1 amide bonds. The molecule has 1 aromatic carbocycles. The number of aryl methyl sites for hydroxylation is 2. The molecule has 1 N–H and O–H groups in total. The Hall–Kier alpha value is -2.71. The average Bonchev–Trinajstić information content (AvgIpc) is 3.03. The molecule has 0 bridgehead atoms. The number of benzene rings is 1. The Morgan fingerprint density at radius 1 is 1.21 bits per heavy atom. The minimum atomic E-state index is -0.195. The van der Waals surface area contributed by atoms with Gasteiger partial charge >= 0.3 is 0 Å². The molecule has 4 heterocycles. The van der Waals surface area contributed by atoms with E-state index in [0.29, 0.717) is 41.4 Å². The summed E-state index contributed by atoms with van der Waals surface area (Å²) in [7, 11) is 1.66. The first-order chi connectivity index (χ1) is 16.5. The van der Waals surface area contributed by atoms with Gasteiger partial charge in [0.05, 0.1) is 17.4 Å². The van der Waals surface area contributed by atoms with Crippen LogP contribution >= 0.6 is 11.3 Å². The van der Waals surface area contributed by atoms with Crippen molar-refractivity contribution in [2.24, 2.45) is 0 Å². The van der Waals surface area contributed by atoms with Gasteiger partial charge in [0.2, 0.25) is 0 Å². The Kier molecular flexibility index (Phi) is 6.44. The molecule has 0 atom stereocenters. The fraction of sp³-hybridized carbons (Fsp3) is 0.500. The Bertz CT molecular complexity index is 1260. The summed E-state index contributed by atoms with van der Waals surface area (Å²) in [5.74, 6) is 1.52. The van der Waals surface area contributed by atoms with Crippen molar-refractivity contribution in [3.8, 4) is 5.75 Å². The van der Waals surface area contributed by atoms with E-state index in [4.69, 9.17) is 14.5 Å². The van der Waals surface area contributed by atoms with E-state index in [1.54, 1.807) is 7.11 Å². The molecular weight excluding hydrogens is 450 g/mol. The highest BCUT2D eigenvalue weighted by atomic mass is 32.1. The second-order valence-corrected chi connectivity index (χ2v) is 10.3. The number of methoxy groups -OCH3 is 1. The standard InChI is InChI=1S/C26H31N3O4S/c1-17-21-24(28-20-6-4-3-5-13-29(20)25(21)31)34-22(17)23(30)27-16-26(11-14-33-15-12-26)18-7-9-19(32-2)10-8-18/h7-10H,3-6,11-16H2,1-2H3,(H,27,30). The molecule has 0 saturated carbocycles. The summed E-state index contributed by atoms with van der Waals surface area (Å²) in [5, 5.41) is 3.78. The molecular formula is C26H31N3O4S. The van der Waals surface area contributed by atoms with Gasteiger partial charge in [0.1, 0.15) is 16.4 Å². The van der Waals surface area contributed by atoms with E-state index in [1.165, 1.54) is 16.9 Å². The molecule has 0 unspecified atom stereocenters. The summed E-state index contributed by atoms with van der Waals surface area (Å²) in [4.78, 5) is 32.7. The fourth-order valence-corrected chi connectivity index (χ4v) is 6.34. The molecule has 0 spiro atoms. The number of hydrogen-bond donors (Lipinski definition) is 1. The van der Waals surface area contributed by atoms with Gasteiger partial charge in [-0.25, -0.2) is 4.98 Å². The normalized spacial score (nSPS) is 17.7. The number of nitrogens with zero attached hydrogens (tertiary/aromatic N) is 2. The highest BCUT2D eigenvalue weighted by Crippen LogP contribution is 2.36. The largest absolute Gasteiger partial charge is 0.497 e. The van der Waals surface area contributed by atoms with Gasteiger partial charge < -0.3 is 14.8 Å². The summed E-state index contributed by atoms with van der Waals surface area (Å²) in [6, 6.07) is 8.10. The zero-order valence-corrected chi connectivity index (χ0v) is 20.6. The number of ether oxygens (including phenoxy) is 2. The number of thiophene rings is 1. The van der Waals surface area contributed by atoms with Crippen LogP contribution in [0.2, 0.25) is 0 Å². The maximum absolute atomic E-state index is 13.4. The second-order valence-electron chi connectivity index (χ2n) is 9.34. The van der Waals surface area contributed by atoms with E-state index in [1.807, 2.05) is 23.6 Å². The van der Waals surface area contributed by atoms with Crippen molar-refractivity contribution < 1.29 is 14.3 Å². The summed E-state index contributed by atoms with van der Waals surface area (Å²) < 4.78 is 12.8. The van der Waals surface area contributed by atoms with Crippen LogP contribution in [0.25, 0.3) is 10.2 Å². The Balaban J connectivity index is 1.43. The zero-order valence-electron chi connectivity index (χ0n) is 19.8. The van der Waals surface area contributed by atoms with E-state index in [2.05, 4.69) is 17.4 Å². The molecule has 7 nitrogen and oxygen atoms in total. The number of fused-ring (bicyclic) bond motifs is 2. The van der Waals surface area contributed by atoms with Gasteiger partial charge in [-0.1, -0.05) is 18.6 Å². The Labute approximate surface area is 203 Å². The maximum atomic E-state index is 13.4. The molecule has 5 rings (SSSR count). The summed E-state index contributed by atoms with van der Waals surface area (Å²) in [5.41, 5.74) is 1.71. The molecule has 2 aromatic heterocycles. The van der Waals surface area contributed by atoms with Crippen LogP contribution in [0, 0.1) is 6.92 Å². The number of aromatic nitrogens is 2. The molecule has 2 aliphatic rings. The van der Waals surface area contributed by atoms with Crippen LogP contribution in [0.1, 0.15) is 58.7 Å². The Morgan fingerprint density at radius 3 is 2.71 bits per heavy atom. The first-order valence-corrected chi connectivity index (χ1v) is 12.9. The lowest BCUT2D eigenvalue weighted by molar-refractivity contribution is 0.0487. The lowest BCUT2D eigenvalue weighted by Gasteiger charge is -2.38. The van der Waals surface area contributed by atoms with Gasteiger partial charge in [-0.3, -0.25) is 14.2 Å². The molecule has 8 heteroatoms. The van der Waals surface area contributed by atoms with Gasteiger partial charge in [-0.05, 0) is 55.9 Å². The monoisotopic (exact) mass is 481 g/mol. The molecule has 2 aliphatic heterocycles. The Morgan fingerprint density at radius 2 is 1.97 bits per heavy atom.